The smallest absolute Gasteiger partial charge is 0.258 e. The monoisotopic (exact) mass is 273 g/mol. The summed E-state index contributed by atoms with van der Waals surface area (Å²) in [6.07, 6.45) is 0. The number of hydrogen-bond acceptors (Lipinski definition) is 2. The highest BCUT2D eigenvalue weighted by atomic mass is 16.6. The largest absolute Gasteiger partial charge is 0.277 e. The van der Waals surface area contributed by atoms with E-state index in [4.69, 9.17) is 0 Å². The first-order chi connectivity index (χ1) is 10.3. The molecule has 21 heavy (non-hydrogen) atoms. The number of fused-ring (bicyclic) bond motifs is 5. The van der Waals surface area contributed by atoms with Gasteiger partial charge in [-0.25, -0.2) is 0 Å². The van der Waals surface area contributed by atoms with Crippen LogP contribution in [-0.2, 0) is 0 Å². The SMILES string of the molecule is O=[N+]([O-])c1cccc2c1ccc1ccc3ccccc3c12. The molecule has 0 fully saturated rings. The number of rotatable bonds is 1. The number of hydrogen-bond donors (Lipinski definition) is 0. The van der Waals surface area contributed by atoms with Gasteiger partial charge in [0.25, 0.3) is 5.69 Å². The second-order valence-electron chi connectivity index (χ2n) is 5.08. The minimum atomic E-state index is -0.320. The van der Waals surface area contributed by atoms with Gasteiger partial charge in [0.2, 0.25) is 0 Å². The molecule has 0 spiro atoms. The summed E-state index contributed by atoms with van der Waals surface area (Å²) in [7, 11) is 0. The Morgan fingerprint density at radius 3 is 2.24 bits per heavy atom. The van der Waals surface area contributed by atoms with Gasteiger partial charge >= 0.3 is 0 Å². The van der Waals surface area contributed by atoms with E-state index in [1.165, 1.54) is 0 Å². The molecule has 0 amide bonds. The molecule has 0 aliphatic carbocycles. The normalized spacial score (nSPS) is 11.2. The Labute approximate surface area is 120 Å². The molecular weight excluding hydrogens is 262 g/mol. The maximum absolute atomic E-state index is 11.2. The summed E-state index contributed by atoms with van der Waals surface area (Å²) in [5.74, 6) is 0. The van der Waals surface area contributed by atoms with Crippen molar-refractivity contribution in [2.45, 2.75) is 0 Å². The van der Waals surface area contributed by atoms with Crippen molar-refractivity contribution < 1.29 is 4.92 Å². The quantitative estimate of drug-likeness (QED) is 0.276. The average molecular weight is 273 g/mol. The van der Waals surface area contributed by atoms with E-state index >= 15 is 0 Å². The van der Waals surface area contributed by atoms with Gasteiger partial charge in [0.15, 0.2) is 0 Å². The highest BCUT2D eigenvalue weighted by Gasteiger charge is 2.13. The molecular formula is C18H11NO2. The summed E-state index contributed by atoms with van der Waals surface area (Å²) in [4.78, 5) is 10.9. The lowest BCUT2D eigenvalue weighted by molar-refractivity contribution is -0.383. The first-order valence-electron chi connectivity index (χ1n) is 6.73. The predicted octanol–water partition coefficient (Wildman–Crippen LogP) is 5.05. The van der Waals surface area contributed by atoms with Gasteiger partial charge in [0.1, 0.15) is 0 Å². The molecule has 0 atom stereocenters. The Morgan fingerprint density at radius 1 is 0.667 bits per heavy atom. The van der Waals surface area contributed by atoms with Crippen LogP contribution in [0.25, 0.3) is 32.3 Å². The Morgan fingerprint density at radius 2 is 1.38 bits per heavy atom. The summed E-state index contributed by atoms with van der Waals surface area (Å²) >= 11 is 0. The molecule has 100 valence electrons. The van der Waals surface area contributed by atoms with Gasteiger partial charge in [-0.15, -0.1) is 0 Å². The first kappa shape index (κ1) is 11.9. The number of nitro groups is 1. The molecule has 3 nitrogen and oxygen atoms in total. The summed E-state index contributed by atoms with van der Waals surface area (Å²) in [5, 5.41) is 17.3. The molecule has 0 N–H and O–H groups in total. The third kappa shape index (κ3) is 1.68. The van der Waals surface area contributed by atoms with Gasteiger partial charge in [-0.1, -0.05) is 54.6 Å². The van der Waals surface area contributed by atoms with Crippen LogP contribution in [-0.4, -0.2) is 4.92 Å². The van der Waals surface area contributed by atoms with Gasteiger partial charge in [-0.3, -0.25) is 10.1 Å². The Kier molecular flexibility index (Phi) is 2.42. The molecule has 0 aliphatic heterocycles. The number of nitro benzene ring substituents is 1. The molecule has 0 heterocycles. The lowest BCUT2D eigenvalue weighted by Gasteiger charge is -2.08. The highest BCUT2D eigenvalue weighted by Crippen LogP contribution is 2.35. The van der Waals surface area contributed by atoms with Gasteiger partial charge in [-0.2, -0.15) is 0 Å². The summed E-state index contributed by atoms with van der Waals surface area (Å²) in [6, 6.07) is 21.3. The lowest BCUT2D eigenvalue weighted by atomic mass is 9.96. The van der Waals surface area contributed by atoms with E-state index in [2.05, 4.69) is 24.3 Å². The van der Waals surface area contributed by atoms with Gasteiger partial charge in [-0.05, 0) is 33.0 Å². The van der Waals surface area contributed by atoms with Crippen molar-refractivity contribution >= 4 is 38.0 Å². The Hall–Kier alpha value is -2.94. The van der Waals surface area contributed by atoms with Crippen molar-refractivity contribution in [2.24, 2.45) is 0 Å². The molecule has 4 rings (SSSR count). The second-order valence-corrected chi connectivity index (χ2v) is 5.08. The second kappa shape index (κ2) is 4.28. The molecule has 0 radical (unpaired) electrons. The van der Waals surface area contributed by atoms with E-state index in [0.717, 1.165) is 26.9 Å². The van der Waals surface area contributed by atoms with Crippen molar-refractivity contribution in [2.75, 3.05) is 0 Å². The molecule has 4 aromatic rings. The maximum Gasteiger partial charge on any atom is 0.277 e. The molecule has 0 bridgehead atoms. The van der Waals surface area contributed by atoms with Crippen molar-refractivity contribution in [3.8, 4) is 0 Å². The summed E-state index contributed by atoms with van der Waals surface area (Å²) in [6.45, 7) is 0. The van der Waals surface area contributed by atoms with Crippen LogP contribution >= 0.6 is 0 Å². The third-order valence-electron chi connectivity index (χ3n) is 3.94. The van der Waals surface area contributed by atoms with E-state index in [-0.39, 0.29) is 10.6 Å². The van der Waals surface area contributed by atoms with E-state index < -0.39 is 0 Å². The van der Waals surface area contributed by atoms with Crippen molar-refractivity contribution in [1.29, 1.82) is 0 Å². The number of non-ortho nitro benzene ring substituents is 1. The predicted molar refractivity (Wildman–Crippen MR) is 85.6 cm³/mol. The molecule has 0 aromatic heterocycles. The van der Waals surface area contributed by atoms with Crippen molar-refractivity contribution in [3.63, 3.8) is 0 Å². The Bertz CT molecular complexity index is 1020. The molecule has 4 aromatic carbocycles. The molecule has 0 saturated heterocycles. The molecule has 0 unspecified atom stereocenters. The standard InChI is InChI=1S/C18H11NO2/c20-19(21)17-7-3-6-16-15(17)11-10-13-9-8-12-4-1-2-5-14(12)18(13)16/h1-11H. The fraction of sp³-hybridized carbons (Fsp3) is 0. The lowest BCUT2D eigenvalue weighted by Crippen LogP contribution is -1.90. The van der Waals surface area contributed by atoms with E-state index in [1.807, 2.05) is 30.3 Å². The molecule has 3 heteroatoms. The van der Waals surface area contributed by atoms with Crippen molar-refractivity contribution in [3.05, 3.63) is 76.8 Å². The van der Waals surface area contributed by atoms with Gasteiger partial charge < -0.3 is 0 Å². The minimum absolute atomic E-state index is 0.155. The van der Waals surface area contributed by atoms with Crippen LogP contribution in [0.3, 0.4) is 0 Å². The molecule has 0 aliphatic rings. The van der Waals surface area contributed by atoms with Crippen molar-refractivity contribution in [1.82, 2.24) is 0 Å². The summed E-state index contributed by atoms with van der Waals surface area (Å²) < 4.78 is 0. The van der Waals surface area contributed by atoms with Crippen LogP contribution in [0.2, 0.25) is 0 Å². The van der Waals surface area contributed by atoms with Crippen LogP contribution in [0, 0.1) is 10.1 Å². The maximum atomic E-state index is 11.2. The fourth-order valence-electron chi connectivity index (χ4n) is 3.01. The average Bonchev–Trinajstić information content (AvgIpc) is 2.53. The van der Waals surface area contributed by atoms with E-state index in [9.17, 15) is 10.1 Å². The van der Waals surface area contributed by atoms with Crippen LogP contribution < -0.4 is 0 Å². The van der Waals surface area contributed by atoms with E-state index in [1.54, 1.807) is 12.1 Å². The first-order valence-corrected chi connectivity index (χ1v) is 6.73. The van der Waals surface area contributed by atoms with Gasteiger partial charge in [0, 0.05) is 6.07 Å². The van der Waals surface area contributed by atoms with Crippen LogP contribution in [0.5, 0.6) is 0 Å². The highest BCUT2D eigenvalue weighted by molar-refractivity contribution is 6.21. The zero-order valence-electron chi connectivity index (χ0n) is 11.1. The fourth-order valence-corrected chi connectivity index (χ4v) is 3.01. The topological polar surface area (TPSA) is 43.1 Å². The van der Waals surface area contributed by atoms with Crippen LogP contribution in [0.4, 0.5) is 5.69 Å². The Balaban J connectivity index is 2.30. The van der Waals surface area contributed by atoms with Gasteiger partial charge in [0.05, 0.1) is 10.3 Å². The van der Waals surface area contributed by atoms with Crippen LogP contribution in [0.1, 0.15) is 0 Å². The molecule has 0 saturated carbocycles. The van der Waals surface area contributed by atoms with E-state index in [0.29, 0.717) is 5.39 Å². The minimum Gasteiger partial charge on any atom is -0.258 e. The number of benzene rings is 4. The van der Waals surface area contributed by atoms with Crippen LogP contribution in [0.15, 0.2) is 66.7 Å². The number of nitrogens with zero attached hydrogens (tertiary/aromatic N) is 1. The zero-order chi connectivity index (χ0) is 14.4. The summed E-state index contributed by atoms with van der Waals surface area (Å²) in [5.41, 5.74) is 0.155. The third-order valence-corrected chi connectivity index (χ3v) is 3.94. The zero-order valence-corrected chi connectivity index (χ0v) is 11.1.